The molecule has 20 heavy (non-hydrogen) atoms. The molecule has 0 bridgehead atoms. The Bertz CT molecular complexity index is 528. The molecule has 1 aromatic heterocycles. The highest BCUT2D eigenvalue weighted by Crippen LogP contribution is 2.24. The Morgan fingerprint density at radius 2 is 2.00 bits per heavy atom. The molecule has 108 valence electrons. The highest BCUT2D eigenvalue weighted by molar-refractivity contribution is 5.43. The standard InChI is InChI=1S/C15H22N4O/c1-11-5-14(6-12(2)15(11)20-4)7-17-13(3)8-19-10-16-9-18-19/h5-6,9-10,13,17H,7-8H2,1-4H3. The zero-order valence-corrected chi connectivity index (χ0v) is 12.6. The van der Waals surface area contributed by atoms with Gasteiger partial charge in [0.1, 0.15) is 18.4 Å². The second-order valence-electron chi connectivity index (χ2n) is 5.16. The zero-order valence-electron chi connectivity index (χ0n) is 12.6. The highest BCUT2D eigenvalue weighted by atomic mass is 16.5. The van der Waals surface area contributed by atoms with Crippen molar-refractivity contribution in [2.24, 2.45) is 0 Å². The summed E-state index contributed by atoms with van der Waals surface area (Å²) in [5.74, 6) is 0.976. The second kappa shape index (κ2) is 6.52. The summed E-state index contributed by atoms with van der Waals surface area (Å²) in [7, 11) is 1.72. The van der Waals surface area contributed by atoms with Crippen molar-refractivity contribution in [3.05, 3.63) is 41.5 Å². The number of hydrogen-bond donors (Lipinski definition) is 1. The van der Waals surface area contributed by atoms with Crippen molar-refractivity contribution in [1.82, 2.24) is 20.1 Å². The summed E-state index contributed by atoms with van der Waals surface area (Å²) in [5, 5.41) is 7.61. The largest absolute Gasteiger partial charge is 0.496 e. The molecule has 1 N–H and O–H groups in total. The molecule has 5 heteroatoms. The monoisotopic (exact) mass is 274 g/mol. The van der Waals surface area contributed by atoms with Crippen LogP contribution in [0.15, 0.2) is 24.8 Å². The first-order valence-corrected chi connectivity index (χ1v) is 6.80. The molecule has 1 unspecified atom stereocenters. The van der Waals surface area contributed by atoms with Crippen LogP contribution in [0, 0.1) is 13.8 Å². The van der Waals surface area contributed by atoms with E-state index in [0.717, 1.165) is 18.8 Å². The minimum atomic E-state index is 0.333. The third-order valence-electron chi connectivity index (χ3n) is 3.31. The number of aromatic nitrogens is 3. The quantitative estimate of drug-likeness (QED) is 0.876. The van der Waals surface area contributed by atoms with Crippen LogP contribution in [0.4, 0.5) is 0 Å². The van der Waals surface area contributed by atoms with Gasteiger partial charge >= 0.3 is 0 Å². The molecular weight excluding hydrogens is 252 g/mol. The minimum absolute atomic E-state index is 0.333. The van der Waals surface area contributed by atoms with Gasteiger partial charge in [0.05, 0.1) is 13.7 Å². The molecule has 0 radical (unpaired) electrons. The van der Waals surface area contributed by atoms with Crippen LogP contribution < -0.4 is 10.1 Å². The van der Waals surface area contributed by atoms with Gasteiger partial charge in [-0.3, -0.25) is 4.68 Å². The number of ether oxygens (including phenoxy) is 1. The Morgan fingerprint density at radius 3 is 2.55 bits per heavy atom. The summed E-state index contributed by atoms with van der Waals surface area (Å²) >= 11 is 0. The van der Waals surface area contributed by atoms with Crippen molar-refractivity contribution < 1.29 is 4.74 Å². The van der Waals surface area contributed by atoms with Crippen LogP contribution in [0.2, 0.25) is 0 Å². The van der Waals surface area contributed by atoms with Crippen molar-refractivity contribution in [1.29, 1.82) is 0 Å². The van der Waals surface area contributed by atoms with E-state index >= 15 is 0 Å². The fraction of sp³-hybridized carbons (Fsp3) is 0.467. The Labute approximate surface area is 120 Å². The maximum Gasteiger partial charge on any atom is 0.137 e. The van der Waals surface area contributed by atoms with Gasteiger partial charge in [-0.15, -0.1) is 0 Å². The van der Waals surface area contributed by atoms with E-state index in [9.17, 15) is 0 Å². The molecule has 0 aliphatic carbocycles. The van der Waals surface area contributed by atoms with Crippen LogP contribution >= 0.6 is 0 Å². The van der Waals surface area contributed by atoms with Crippen LogP contribution in [-0.4, -0.2) is 27.9 Å². The average molecular weight is 274 g/mol. The third-order valence-corrected chi connectivity index (χ3v) is 3.31. The molecular formula is C15H22N4O. The summed E-state index contributed by atoms with van der Waals surface area (Å²) in [6.45, 7) is 7.95. The Morgan fingerprint density at radius 1 is 1.30 bits per heavy atom. The first-order chi connectivity index (χ1) is 9.60. The van der Waals surface area contributed by atoms with Crippen molar-refractivity contribution >= 4 is 0 Å². The lowest BCUT2D eigenvalue weighted by atomic mass is 10.1. The minimum Gasteiger partial charge on any atom is -0.496 e. The molecule has 1 heterocycles. The first kappa shape index (κ1) is 14.5. The molecule has 1 aromatic carbocycles. The summed E-state index contributed by atoms with van der Waals surface area (Å²) in [6, 6.07) is 4.67. The number of rotatable bonds is 6. The van der Waals surface area contributed by atoms with Crippen molar-refractivity contribution in [3.63, 3.8) is 0 Å². The van der Waals surface area contributed by atoms with Crippen LogP contribution in [0.1, 0.15) is 23.6 Å². The van der Waals surface area contributed by atoms with E-state index in [4.69, 9.17) is 4.74 Å². The molecule has 0 saturated heterocycles. The van der Waals surface area contributed by atoms with Gasteiger partial charge < -0.3 is 10.1 Å². The SMILES string of the molecule is COc1c(C)cc(CNC(C)Cn2cncn2)cc1C. The molecule has 0 spiro atoms. The van der Waals surface area contributed by atoms with E-state index in [-0.39, 0.29) is 0 Å². The van der Waals surface area contributed by atoms with Crippen LogP contribution in [-0.2, 0) is 13.1 Å². The van der Waals surface area contributed by atoms with E-state index in [1.807, 2.05) is 4.68 Å². The molecule has 0 saturated carbocycles. The molecule has 1 atom stereocenters. The number of benzene rings is 1. The predicted octanol–water partition coefficient (Wildman–Crippen LogP) is 2.08. The lowest BCUT2D eigenvalue weighted by Gasteiger charge is -2.15. The van der Waals surface area contributed by atoms with E-state index < -0.39 is 0 Å². The van der Waals surface area contributed by atoms with Gasteiger partial charge in [0.15, 0.2) is 0 Å². The van der Waals surface area contributed by atoms with Gasteiger partial charge in [-0.1, -0.05) is 12.1 Å². The van der Waals surface area contributed by atoms with Crippen LogP contribution in [0.25, 0.3) is 0 Å². The molecule has 2 aromatic rings. The van der Waals surface area contributed by atoms with E-state index in [2.05, 4.69) is 48.3 Å². The lowest BCUT2D eigenvalue weighted by Crippen LogP contribution is -2.30. The van der Waals surface area contributed by atoms with Gasteiger partial charge in [-0.25, -0.2) is 4.98 Å². The molecule has 0 fully saturated rings. The van der Waals surface area contributed by atoms with Crippen molar-refractivity contribution in [2.75, 3.05) is 7.11 Å². The summed E-state index contributed by atoms with van der Waals surface area (Å²) in [6.07, 6.45) is 3.29. The fourth-order valence-corrected chi connectivity index (χ4v) is 2.43. The maximum atomic E-state index is 5.39. The second-order valence-corrected chi connectivity index (χ2v) is 5.16. The molecule has 2 rings (SSSR count). The predicted molar refractivity (Wildman–Crippen MR) is 78.8 cm³/mol. The van der Waals surface area contributed by atoms with Crippen LogP contribution in [0.3, 0.4) is 0 Å². The van der Waals surface area contributed by atoms with Gasteiger partial charge in [-0.05, 0) is 37.5 Å². The zero-order chi connectivity index (χ0) is 14.5. The number of methoxy groups -OCH3 is 1. The average Bonchev–Trinajstić information content (AvgIpc) is 2.89. The maximum absolute atomic E-state index is 5.39. The Balaban J connectivity index is 1.93. The van der Waals surface area contributed by atoms with Crippen molar-refractivity contribution in [3.8, 4) is 5.75 Å². The lowest BCUT2D eigenvalue weighted by molar-refractivity contribution is 0.408. The molecule has 0 aliphatic heterocycles. The van der Waals surface area contributed by atoms with Crippen molar-refractivity contribution in [2.45, 2.75) is 39.9 Å². The summed E-state index contributed by atoms with van der Waals surface area (Å²) < 4.78 is 7.22. The number of nitrogens with zero attached hydrogens (tertiary/aromatic N) is 3. The molecule has 5 nitrogen and oxygen atoms in total. The fourth-order valence-electron chi connectivity index (χ4n) is 2.43. The van der Waals surface area contributed by atoms with E-state index in [1.54, 1.807) is 19.8 Å². The van der Waals surface area contributed by atoms with Gasteiger partial charge in [0.25, 0.3) is 0 Å². The first-order valence-electron chi connectivity index (χ1n) is 6.80. The van der Waals surface area contributed by atoms with Gasteiger partial charge in [-0.2, -0.15) is 5.10 Å². The number of hydrogen-bond acceptors (Lipinski definition) is 4. The van der Waals surface area contributed by atoms with E-state index in [1.165, 1.54) is 16.7 Å². The number of nitrogens with one attached hydrogen (secondary N) is 1. The van der Waals surface area contributed by atoms with Gasteiger partial charge in [0.2, 0.25) is 0 Å². The van der Waals surface area contributed by atoms with Crippen LogP contribution in [0.5, 0.6) is 5.75 Å². The normalized spacial score (nSPS) is 12.4. The Kier molecular flexibility index (Phi) is 4.74. The molecule has 0 amide bonds. The van der Waals surface area contributed by atoms with E-state index in [0.29, 0.717) is 6.04 Å². The Hall–Kier alpha value is -1.88. The third kappa shape index (κ3) is 3.57. The summed E-state index contributed by atoms with van der Waals surface area (Å²) in [4.78, 5) is 3.95. The number of aryl methyl sites for hydroxylation is 2. The molecule has 0 aliphatic rings. The van der Waals surface area contributed by atoms with Gasteiger partial charge in [0, 0.05) is 12.6 Å². The summed E-state index contributed by atoms with van der Waals surface area (Å²) in [5.41, 5.74) is 3.62. The smallest absolute Gasteiger partial charge is 0.137 e. The highest BCUT2D eigenvalue weighted by Gasteiger charge is 2.07. The topological polar surface area (TPSA) is 52.0 Å².